The van der Waals surface area contributed by atoms with E-state index < -0.39 is 37.2 Å². The Kier molecular flexibility index (Phi) is 6.92. The lowest BCUT2D eigenvalue weighted by Gasteiger charge is -2.33. The average molecular weight is 579 g/mol. The number of alkyl halides is 3. The lowest BCUT2D eigenvalue weighted by atomic mass is 9.95. The van der Waals surface area contributed by atoms with E-state index in [-0.39, 0.29) is 17.2 Å². The van der Waals surface area contributed by atoms with Crippen molar-refractivity contribution >= 4 is 50.7 Å². The van der Waals surface area contributed by atoms with E-state index in [1.54, 1.807) is 0 Å². The molecule has 42 heavy (non-hydrogen) atoms. The molecule has 8 nitrogen and oxygen atoms in total. The number of imide groups is 1. The van der Waals surface area contributed by atoms with E-state index >= 15 is 0 Å². The second-order valence-corrected chi connectivity index (χ2v) is 10.8. The van der Waals surface area contributed by atoms with Crippen molar-refractivity contribution in [3.63, 3.8) is 0 Å². The van der Waals surface area contributed by atoms with E-state index in [1.165, 1.54) is 11.8 Å². The first-order valence-electron chi connectivity index (χ1n) is 13.7. The molecule has 4 heterocycles. The molecule has 2 aromatic carbocycles. The number of para-hydroxylation sites is 2. The van der Waals surface area contributed by atoms with Gasteiger partial charge >= 0.3 is 12.1 Å². The molecule has 2 amide bonds. The second-order valence-electron chi connectivity index (χ2n) is 10.8. The number of benzene rings is 2. The van der Waals surface area contributed by atoms with Gasteiger partial charge < -0.3 is 13.9 Å². The number of hydrogen-bond acceptors (Lipinski definition) is 5. The van der Waals surface area contributed by atoms with Gasteiger partial charge in [0.25, 0.3) is 11.8 Å². The SMILES string of the molecule is CC(=O)OCN1C(=O)C(c2cn(C)c3ccccc23)=C(c2cn(C3CCN(CC(F)(F)F)CC3)c3ccccc23)C1=O. The highest BCUT2D eigenvalue weighted by Crippen LogP contribution is 2.43. The van der Waals surface area contributed by atoms with E-state index in [2.05, 4.69) is 0 Å². The first-order valence-corrected chi connectivity index (χ1v) is 13.7. The van der Waals surface area contributed by atoms with Crippen LogP contribution in [0.1, 0.15) is 36.9 Å². The van der Waals surface area contributed by atoms with Gasteiger partial charge in [-0.25, -0.2) is 4.90 Å². The molecule has 0 bridgehead atoms. The molecule has 0 aliphatic carbocycles. The molecule has 218 valence electrons. The number of amides is 2. The Labute approximate surface area is 239 Å². The molecule has 0 radical (unpaired) electrons. The minimum atomic E-state index is -4.25. The molecular formula is C31H29F3N4O4. The summed E-state index contributed by atoms with van der Waals surface area (Å²) >= 11 is 0. The van der Waals surface area contributed by atoms with Gasteiger partial charge in [0.15, 0.2) is 6.73 Å². The normalized spacial score (nSPS) is 17.3. The van der Waals surface area contributed by atoms with Gasteiger partial charge in [-0.05, 0) is 25.0 Å². The Balaban J connectivity index is 1.48. The first-order chi connectivity index (χ1) is 20.0. The van der Waals surface area contributed by atoms with Crippen LogP contribution in [0.5, 0.6) is 0 Å². The molecule has 11 heteroatoms. The number of rotatable bonds is 6. The Morgan fingerprint density at radius 1 is 0.881 bits per heavy atom. The van der Waals surface area contributed by atoms with Gasteiger partial charge in [0, 0.05) is 78.4 Å². The Morgan fingerprint density at radius 2 is 1.43 bits per heavy atom. The van der Waals surface area contributed by atoms with Gasteiger partial charge in [0.05, 0.1) is 17.7 Å². The van der Waals surface area contributed by atoms with Crippen molar-refractivity contribution in [3.05, 3.63) is 72.1 Å². The van der Waals surface area contributed by atoms with E-state index in [1.807, 2.05) is 77.1 Å². The van der Waals surface area contributed by atoms with E-state index in [9.17, 15) is 27.6 Å². The van der Waals surface area contributed by atoms with Crippen LogP contribution in [0.4, 0.5) is 13.2 Å². The summed E-state index contributed by atoms with van der Waals surface area (Å²) in [6, 6.07) is 15.0. The van der Waals surface area contributed by atoms with Crippen molar-refractivity contribution in [2.45, 2.75) is 32.0 Å². The second kappa shape index (κ2) is 10.5. The standard InChI is InChI=1S/C31H29F3N4O4/c1-19(39)42-18-38-29(40)27(23-15-35(2)25-9-5-3-7-21(23)25)28(30(38)41)24-16-37(26-10-6-4-8-22(24)26)20-11-13-36(14-12-20)17-31(32,33)34/h3-10,15-16,20H,11-14,17-18H2,1-2H3. The molecule has 2 aliphatic rings. The van der Waals surface area contributed by atoms with Crippen molar-refractivity contribution in [2.24, 2.45) is 7.05 Å². The number of esters is 1. The third kappa shape index (κ3) is 4.87. The molecule has 2 aliphatic heterocycles. The third-order valence-electron chi connectivity index (χ3n) is 8.09. The summed E-state index contributed by atoms with van der Waals surface area (Å²) in [5, 5.41) is 1.54. The summed E-state index contributed by atoms with van der Waals surface area (Å²) in [6.07, 6.45) is 0.424. The predicted molar refractivity (Wildman–Crippen MR) is 151 cm³/mol. The highest BCUT2D eigenvalue weighted by Gasteiger charge is 2.42. The largest absolute Gasteiger partial charge is 0.444 e. The molecule has 1 saturated heterocycles. The highest BCUT2D eigenvalue weighted by atomic mass is 19.4. The number of aryl methyl sites for hydroxylation is 1. The van der Waals surface area contributed by atoms with Crippen LogP contribution < -0.4 is 0 Å². The molecule has 0 N–H and O–H groups in total. The maximum absolute atomic E-state index is 14.0. The summed E-state index contributed by atoms with van der Waals surface area (Å²) < 4.78 is 47.9. The van der Waals surface area contributed by atoms with E-state index in [0.29, 0.717) is 37.1 Å². The number of fused-ring (bicyclic) bond motifs is 2. The summed E-state index contributed by atoms with van der Waals surface area (Å²) in [5.74, 6) is -1.76. The molecule has 0 spiro atoms. The summed E-state index contributed by atoms with van der Waals surface area (Å²) in [6.45, 7) is 0.347. The zero-order valence-electron chi connectivity index (χ0n) is 23.1. The molecule has 4 aromatic rings. The van der Waals surface area contributed by atoms with Crippen LogP contribution in [0.25, 0.3) is 33.0 Å². The number of aromatic nitrogens is 2. The number of piperidine rings is 1. The molecule has 1 fully saturated rings. The third-order valence-corrected chi connectivity index (χ3v) is 8.09. The lowest BCUT2D eigenvalue weighted by molar-refractivity contribution is -0.152. The maximum atomic E-state index is 14.0. The number of ether oxygens (including phenoxy) is 1. The van der Waals surface area contributed by atoms with Crippen molar-refractivity contribution < 1.29 is 32.3 Å². The monoisotopic (exact) mass is 578 g/mol. The van der Waals surface area contributed by atoms with Crippen LogP contribution in [-0.4, -0.2) is 69.3 Å². The maximum Gasteiger partial charge on any atom is 0.401 e. The van der Waals surface area contributed by atoms with Crippen molar-refractivity contribution in [1.82, 2.24) is 18.9 Å². The molecule has 0 unspecified atom stereocenters. The number of halogens is 3. The van der Waals surface area contributed by atoms with Crippen LogP contribution in [0, 0.1) is 0 Å². The van der Waals surface area contributed by atoms with Crippen LogP contribution >= 0.6 is 0 Å². The number of carbonyl (C=O) groups is 3. The molecule has 0 atom stereocenters. The Bertz CT molecular complexity index is 1760. The average Bonchev–Trinajstić information content (AvgIpc) is 3.56. The minimum absolute atomic E-state index is 0.0842. The fourth-order valence-corrected chi connectivity index (χ4v) is 6.20. The summed E-state index contributed by atoms with van der Waals surface area (Å²) in [7, 11) is 1.86. The predicted octanol–water partition coefficient (Wildman–Crippen LogP) is 5.13. The van der Waals surface area contributed by atoms with Crippen molar-refractivity contribution in [3.8, 4) is 0 Å². The van der Waals surface area contributed by atoms with E-state index in [0.717, 1.165) is 26.7 Å². The van der Waals surface area contributed by atoms with E-state index in [4.69, 9.17) is 4.74 Å². The zero-order chi connectivity index (χ0) is 29.8. The van der Waals surface area contributed by atoms with Crippen LogP contribution in [0.2, 0.25) is 0 Å². The van der Waals surface area contributed by atoms with Gasteiger partial charge in [-0.15, -0.1) is 0 Å². The number of nitrogens with zero attached hydrogens (tertiary/aromatic N) is 4. The number of hydrogen-bond donors (Lipinski definition) is 0. The minimum Gasteiger partial charge on any atom is -0.444 e. The number of carbonyl (C=O) groups excluding carboxylic acids is 3. The topological polar surface area (TPSA) is 76.8 Å². The van der Waals surface area contributed by atoms with Crippen molar-refractivity contribution in [1.29, 1.82) is 0 Å². The summed E-state index contributed by atoms with van der Waals surface area (Å²) in [5.41, 5.74) is 3.26. The van der Waals surface area contributed by atoms with Crippen LogP contribution in [0.15, 0.2) is 60.9 Å². The van der Waals surface area contributed by atoms with Gasteiger partial charge in [0.2, 0.25) is 0 Å². The Morgan fingerprint density at radius 3 is 2.02 bits per heavy atom. The molecule has 6 rings (SSSR count). The highest BCUT2D eigenvalue weighted by molar-refractivity contribution is 6.50. The smallest absolute Gasteiger partial charge is 0.401 e. The quantitative estimate of drug-likeness (QED) is 0.234. The van der Waals surface area contributed by atoms with Crippen LogP contribution in [0.3, 0.4) is 0 Å². The summed E-state index contributed by atoms with van der Waals surface area (Å²) in [4.78, 5) is 41.8. The van der Waals surface area contributed by atoms with Gasteiger partial charge in [-0.1, -0.05) is 36.4 Å². The molecule has 0 saturated carbocycles. The molecule has 2 aromatic heterocycles. The fourth-order valence-electron chi connectivity index (χ4n) is 6.20. The van der Waals surface area contributed by atoms with Gasteiger partial charge in [-0.2, -0.15) is 13.2 Å². The number of likely N-dealkylation sites (tertiary alicyclic amines) is 1. The van der Waals surface area contributed by atoms with Crippen LogP contribution in [-0.2, 0) is 26.2 Å². The zero-order valence-corrected chi connectivity index (χ0v) is 23.1. The lowest BCUT2D eigenvalue weighted by Crippen LogP contribution is -2.40. The fraction of sp³-hybridized carbons (Fsp3) is 0.323. The van der Waals surface area contributed by atoms with Gasteiger partial charge in [0.1, 0.15) is 0 Å². The first kappa shape index (κ1) is 27.8. The Hall–Kier alpha value is -4.38. The van der Waals surface area contributed by atoms with Gasteiger partial charge in [-0.3, -0.25) is 19.3 Å². The molecular weight excluding hydrogens is 549 g/mol. The van der Waals surface area contributed by atoms with Crippen molar-refractivity contribution in [2.75, 3.05) is 26.4 Å².